The summed E-state index contributed by atoms with van der Waals surface area (Å²) in [5.74, 6) is -0.300. The molecule has 0 aromatic heterocycles. The summed E-state index contributed by atoms with van der Waals surface area (Å²) in [5.41, 5.74) is 5.02. The third-order valence-electron chi connectivity index (χ3n) is 2.27. The van der Waals surface area contributed by atoms with E-state index in [1.165, 1.54) is 0 Å². The van der Waals surface area contributed by atoms with E-state index in [-0.39, 0.29) is 12.1 Å². The molecule has 0 spiro atoms. The van der Waals surface area contributed by atoms with Crippen LogP contribution < -0.4 is 5.73 Å². The zero-order valence-corrected chi connectivity index (χ0v) is 8.21. The zero-order valence-electron chi connectivity index (χ0n) is 8.21. The van der Waals surface area contributed by atoms with Crippen LogP contribution in [0.3, 0.4) is 0 Å². The quantitative estimate of drug-likeness (QED) is 0.649. The van der Waals surface area contributed by atoms with Crippen LogP contribution in [0.2, 0.25) is 0 Å². The predicted octanol–water partition coefficient (Wildman–Crippen LogP) is 0.446. The van der Waals surface area contributed by atoms with Crippen molar-refractivity contribution in [2.45, 2.75) is 38.3 Å². The lowest BCUT2D eigenvalue weighted by Gasteiger charge is -2.41. The molecule has 2 N–H and O–H groups in total. The zero-order chi connectivity index (χ0) is 9.90. The highest BCUT2D eigenvalue weighted by atomic mass is 16.5. The number of hydrogen-bond acceptors (Lipinski definition) is 4. The highest BCUT2D eigenvalue weighted by Crippen LogP contribution is 2.33. The summed E-state index contributed by atoms with van der Waals surface area (Å²) < 4.78 is 10.2. The smallest absolute Gasteiger partial charge is 0.326 e. The van der Waals surface area contributed by atoms with Crippen LogP contribution in [0.1, 0.15) is 26.7 Å². The molecule has 1 rings (SSSR count). The van der Waals surface area contributed by atoms with Crippen molar-refractivity contribution in [3.63, 3.8) is 0 Å². The van der Waals surface area contributed by atoms with Crippen LogP contribution in [0.15, 0.2) is 0 Å². The first kappa shape index (κ1) is 10.5. The Bertz CT molecular complexity index is 187. The predicted molar refractivity (Wildman–Crippen MR) is 48.2 cm³/mol. The van der Waals surface area contributed by atoms with E-state index in [1.807, 2.05) is 6.92 Å². The fourth-order valence-corrected chi connectivity index (χ4v) is 1.55. The van der Waals surface area contributed by atoms with Crippen LogP contribution in [-0.2, 0) is 14.3 Å². The normalized spacial score (nSPS) is 32.4. The molecule has 0 atom stereocenters. The Balaban J connectivity index is 2.32. The molecule has 0 radical (unpaired) electrons. The molecule has 1 fully saturated rings. The van der Waals surface area contributed by atoms with Crippen molar-refractivity contribution >= 4 is 5.97 Å². The van der Waals surface area contributed by atoms with Gasteiger partial charge in [-0.2, -0.15) is 0 Å². The molecule has 0 bridgehead atoms. The van der Waals surface area contributed by atoms with Gasteiger partial charge in [-0.3, -0.25) is 4.79 Å². The van der Waals surface area contributed by atoms with Crippen LogP contribution in [0, 0.1) is 0 Å². The first-order valence-electron chi connectivity index (χ1n) is 4.70. The summed E-state index contributed by atoms with van der Waals surface area (Å²) in [6.45, 7) is 4.77. The topological polar surface area (TPSA) is 61.5 Å². The highest BCUT2D eigenvalue weighted by Gasteiger charge is 2.48. The van der Waals surface area contributed by atoms with E-state index in [9.17, 15) is 4.79 Å². The molecule has 4 nitrogen and oxygen atoms in total. The fraction of sp³-hybridized carbons (Fsp3) is 0.889. The maximum absolute atomic E-state index is 11.3. The van der Waals surface area contributed by atoms with Crippen molar-refractivity contribution < 1.29 is 14.3 Å². The van der Waals surface area contributed by atoms with Gasteiger partial charge in [-0.05, 0) is 13.8 Å². The molecule has 0 saturated heterocycles. The van der Waals surface area contributed by atoms with E-state index in [1.54, 1.807) is 6.92 Å². The minimum Gasteiger partial charge on any atom is -0.465 e. The Kier molecular flexibility index (Phi) is 3.27. The Labute approximate surface area is 78.4 Å². The van der Waals surface area contributed by atoms with Crippen molar-refractivity contribution in [3.8, 4) is 0 Å². The molecule has 13 heavy (non-hydrogen) atoms. The van der Waals surface area contributed by atoms with E-state index in [2.05, 4.69) is 0 Å². The molecule has 0 aliphatic heterocycles. The van der Waals surface area contributed by atoms with E-state index >= 15 is 0 Å². The second-order valence-electron chi connectivity index (χ2n) is 3.36. The minimum absolute atomic E-state index is 0.138. The number of carbonyl (C=O) groups excluding carboxylic acids is 1. The van der Waals surface area contributed by atoms with Crippen LogP contribution in [-0.4, -0.2) is 30.8 Å². The first-order valence-corrected chi connectivity index (χ1v) is 4.70. The van der Waals surface area contributed by atoms with Crippen LogP contribution in [0.4, 0.5) is 0 Å². The minimum atomic E-state index is -0.782. The maximum atomic E-state index is 11.3. The summed E-state index contributed by atoms with van der Waals surface area (Å²) in [7, 11) is 0. The SMILES string of the molecule is CCOC(=O)C1(N)CC(OCC)C1. The average Bonchev–Trinajstić information content (AvgIpc) is 2.02. The average molecular weight is 187 g/mol. The van der Waals surface area contributed by atoms with Gasteiger partial charge in [0.1, 0.15) is 5.54 Å². The van der Waals surface area contributed by atoms with Gasteiger partial charge in [0.2, 0.25) is 0 Å². The number of esters is 1. The Hall–Kier alpha value is -0.610. The van der Waals surface area contributed by atoms with Gasteiger partial charge >= 0.3 is 5.97 Å². The Morgan fingerprint density at radius 1 is 1.46 bits per heavy atom. The second-order valence-corrected chi connectivity index (χ2v) is 3.36. The molecule has 0 unspecified atom stereocenters. The van der Waals surface area contributed by atoms with Crippen molar-refractivity contribution in [2.24, 2.45) is 5.73 Å². The van der Waals surface area contributed by atoms with Crippen molar-refractivity contribution in [3.05, 3.63) is 0 Å². The van der Waals surface area contributed by atoms with Crippen molar-refractivity contribution in [1.29, 1.82) is 0 Å². The Morgan fingerprint density at radius 2 is 2.08 bits per heavy atom. The molecule has 1 aliphatic carbocycles. The van der Waals surface area contributed by atoms with Crippen LogP contribution in [0.5, 0.6) is 0 Å². The number of hydrogen-bond donors (Lipinski definition) is 1. The van der Waals surface area contributed by atoms with Gasteiger partial charge in [0.25, 0.3) is 0 Å². The van der Waals surface area contributed by atoms with Crippen molar-refractivity contribution in [1.82, 2.24) is 0 Å². The molecule has 0 aromatic rings. The van der Waals surface area contributed by atoms with Crippen LogP contribution in [0.25, 0.3) is 0 Å². The fourth-order valence-electron chi connectivity index (χ4n) is 1.55. The number of carbonyl (C=O) groups is 1. The summed E-state index contributed by atoms with van der Waals surface area (Å²) in [4.78, 5) is 11.3. The van der Waals surface area contributed by atoms with Gasteiger partial charge < -0.3 is 15.2 Å². The van der Waals surface area contributed by atoms with Gasteiger partial charge in [0, 0.05) is 19.4 Å². The summed E-state index contributed by atoms with van der Waals surface area (Å²) in [6.07, 6.45) is 1.30. The molecule has 0 aromatic carbocycles. The first-order chi connectivity index (χ1) is 6.12. The maximum Gasteiger partial charge on any atom is 0.326 e. The van der Waals surface area contributed by atoms with E-state index in [0.29, 0.717) is 26.1 Å². The standard InChI is InChI=1S/C9H17NO3/c1-3-12-7-5-9(10,6-7)8(11)13-4-2/h7H,3-6,10H2,1-2H3. The van der Waals surface area contributed by atoms with E-state index in [0.717, 1.165) is 0 Å². The molecule has 76 valence electrons. The van der Waals surface area contributed by atoms with Gasteiger partial charge in [-0.1, -0.05) is 0 Å². The van der Waals surface area contributed by atoms with E-state index in [4.69, 9.17) is 15.2 Å². The molecule has 1 saturated carbocycles. The van der Waals surface area contributed by atoms with Gasteiger partial charge in [0.05, 0.1) is 12.7 Å². The lowest BCUT2D eigenvalue weighted by atomic mass is 9.75. The largest absolute Gasteiger partial charge is 0.465 e. The number of nitrogens with two attached hydrogens (primary N) is 1. The molecule has 0 heterocycles. The van der Waals surface area contributed by atoms with Gasteiger partial charge in [-0.25, -0.2) is 0 Å². The lowest BCUT2D eigenvalue weighted by Crippen LogP contribution is -2.61. The second kappa shape index (κ2) is 4.07. The molecule has 0 amide bonds. The molecular formula is C9H17NO3. The summed E-state index contributed by atoms with van der Waals surface area (Å²) in [6, 6.07) is 0. The summed E-state index contributed by atoms with van der Waals surface area (Å²) >= 11 is 0. The molecular weight excluding hydrogens is 170 g/mol. The third-order valence-corrected chi connectivity index (χ3v) is 2.27. The van der Waals surface area contributed by atoms with Gasteiger partial charge in [-0.15, -0.1) is 0 Å². The van der Waals surface area contributed by atoms with Crippen molar-refractivity contribution in [2.75, 3.05) is 13.2 Å². The monoisotopic (exact) mass is 187 g/mol. The lowest BCUT2D eigenvalue weighted by molar-refractivity contribution is -0.160. The van der Waals surface area contributed by atoms with E-state index < -0.39 is 5.54 Å². The number of rotatable bonds is 4. The Morgan fingerprint density at radius 3 is 2.54 bits per heavy atom. The summed E-state index contributed by atoms with van der Waals surface area (Å²) in [5, 5.41) is 0. The third kappa shape index (κ3) is 2.19. The van der Waals surface area contributed by atoms with Crippen LogP contribution >= 0.6 is 0 Å². The molecule has 4 heteroatoms. The van der Waals surface area contributed by atoms with Gasteiger partial charge in [0.15, 0.2) is 0 Å². The highest BCUT2D eigenvalue weighted by molar-refractivity contribution is 5.82. The number of ether oxygens (including phenoxy) is 2. The molecule has 1 aliphatic rings.